The second-order valence-corrected chi connectivity index (χ2v) is 2.68. The summed E-state index contributed by atoms with van der Waals surface area (Å²) >= 11 is 0. The van der Waals surface area contributed by atoms with Gasteiger partial charge in [-0.15, -0.1) is 0 Å². The van der Waals surface area contributed by atoms with Gasteiger partial charge in [-0.25, -0.2) is 0 Å². The van der Waals surface area contributed by atoms with E-state index in [0.29, 0.717) is 12.0 Å². The molecule has 0 unspecified atom stereocenters. The molecule has 4 heteroatoms. The number of benzene rings is 1. The highest BCUT2D eigenvalue weighted by molar-refractivity contribution is 5.39. The van der Waals surface area contributed by atoms with E-state index in [1.165, 1.54) is 12.1 Å². The molecule has 1 rings (SSSR count). The van der Waals surface area contributed by atoms with Gasteiger partial charge >= 0.3 is 6.61 Å². The molecule has 0 aromatic heterocycles. The van der Waals surface area contributed by atoms with E-state index in [1.807, 2.05) is 0 Å². The molecule has 15 heavy (non-hydrogen) atoms. The van der Waals surface area contributed by atoms with Gasteiger partial charge in [-0.1, -0.05) is 17.9 Å². The topological polar surface area (TPSA) is 29.5 Å². The Balaban J connectivity index is 2.71. The molecule has 0 radical (unpaired) electrons. The fourth-order valence-electron chi connectivity index (χ4n) is 0.970. The zero-order valence-corrected chi connectivity index (χ0v) is 7.91. The zero-order valence-electron chi connectivity index (χ0n) is 7.91. The molecule has 2 nitrogen and oxygen atoms in total. The van der Waals surface area contributed by atoms with Gasteiger partial charge in [-0.3, -0.25) is 0 Å². The molecular weight excluding hydrogens is 202 g/mol. The first kappa shape index (κ1) is 11.5. The van der Waals surface area contributed by atoms with Gasteiger partial charge in [0.1, 0.15) is 5.75 Å². The van der Waals surface area contributed by atoms with Crippen molar-refractivity contribution in [2.24, 2.45) is 0 Å². The van der Waals surface area contributed by atoms with Crippen LogP contribution in [0.15, 0.2) is 24.3 Å². The number of ether oxygens (including phenoxy) is 1. The normalized spacial score (nSPS) is 9.60. The summed E-state index contributed by atoms with van der Waals surface area (Å²) in [5.74, 6) is 5.50. The minimum absolute atomic E-state index is 0.0137. The molecule has 0 bridgehead atoms. The third-order valence-corrected chi connectivity index (χ3v) is 1.53. The molecule has 0 aliphatic rings. The molecule has 0 heterocycles. The van der Waals surface area contributed by atoms with Crippen LogP contribution in [-0.4, -0.2) is 18.3 Å². The lowest BCUT2D eigenvalue weighted by Gasteiger charge is -2.03. The van der Waals surface area contributed by atoms with Gasteiger partial charge in [-0.2, -0.15) is 8.78 Å². The summed E-state index contributed by atoms with van der Waals surface area (Å²) < 4.78 is 27.9. The van der Waals surface area contributed by atoms with E-state index in [-0.39, 0.29) is 12.4 Å². The SMILES string of the molecule is OCCC#Cc1cccc(OC(F)F)c1. The molecule has 1 N–H and O–H groups in total. The maximum absolute atomic E-state index is 11.9. The molecule has 80 valence electrons. The smallest absolute Gasteiger partial charge is 0.387 e. The van der Waals surface area contributed by atoms with Crippen molar-refractivity contribution in [1.82, 2.24) is 0 Å². The van der Waals surface area contributed by atoms with Crippen LogP contribution in [0.25, 0.3) is 0 Å². The maximum atomic E-state index is 11.9. The Hall–Kier alpha value is -1.60. The summed E-state index contributed by atoms with van der Waals surface area (Å²) in [5, 5.41) is 8.49. The van der Waals surface area contributed by atoms with Gasteiger partial charge in [0.15, 0.2) is 0 Å². The van der Waals surface area contributed by atoms with Gasteiger partial charge < -0.3 is 9.84 Å². The van der Waals surface area contributed by atoms with Gasteiger partial charge in [0.25, 0.3) is 0 Å². The van der Waals surface area contributed by atoms with Crippen molar-refractivity contribution in [3.05, 3.63) is 29.8 Å². The molecule has 0 atom stereocenters. The Morgan fingerprint density at radius 1 is 1.40 bits per heavy atom. The molecule has 0 spiro atoms. The van der Waals surface area contributed by atoms with E-state index in [1.54, 1.807) is 12.1 Å². The summed E-state index contributed by atoms with van der Waals surface area (Å²) in [6.07, 6.45) is 0.361. The van der Waals surface area contributed by atoms with Crippen LogP contribution in [0.2, 0.25) is 0 Å². The predicted octanol–water partition coefficient (Wildman–Crippen LogP) is 2.02. The quantitative estimate of drug-likeness (QED) is 0.777. The third-order valence-electron chi connectivity index (χ3n) is 1.53. The van der Waals surface area contributed by atoms with E-state index in [4.69, 9.17) is 5.11 Å². The average Bonchev–Trinajstić information content (AvgIpc) is 2.18. The van der Waals surface area contributed by atoms with Crippen molar-refractivity contribution in [1.29, 1.82) is 0 Å². The van der Waals surface area contributed by atoms with Crippen LogP contribution in [-0.2, 0) is 0 Å². The summed E-state index contributed by atoms with van der Waals surface area (Å²) in [6, 6.07) is 6.13. The van der Waals surface area contributed by atoms with Crippen LogP contribution in [0, 0.1) is 11.8 Å². The highest BCUT2D eigenvalue weighted by Gasteiger charge is 2.03. The molecule has 0 aliphatic carbocycles. The molecular formula is C11H10F2O2. The maximum Gasteiger partial charge on any atom is 0.387 e. The van der Waals surface area contributed by atoms with E-state index in [0.717, 1.165) is 0 Å². The number of alkyl halides is 2. The lowest BCUT2D eigenvalue weighted by molar-refractivity contribution is -0.0498. The minimum Gasteiger partial charge on any atom is -0.435 e. The van der Waals surface area contributed by atoms with Crippen molar-refractivity contribution in [3.8, 4) is 17.6 Å². The Morgan fingerprint density at radius 2 is 2.20 bits per heavy atom. The van der Waals surface area contributed by atoms with Crippen molar-refractivity contribution < 1.29 is 18.6 Å². The first-order valence-electron chi connectivity index (χ1n) is 4.37. The van der Waals surface area contributed by atoms with Crippen LogP contribution in [0.1, 0.15) is 12.0 Å². The lowest BCUT2D eigenvalue weighted by atomic mass is 10.2. The Morgan fingerprint density at radius 3 is 2.87 bits per heavy atom. The number of aliphatic hydroxyl groups is 1. The number of hydrogen-bond acceptors (Lipinski definition) is 2. The molecule has 0 fully saturated rings. The Labute approximate surface area is 86.5 Å². The number of aliphatic hydroxyl groups excluding tert-OH is 1. The van der Waals surface area contributed by atoms with Gasteiger partial charge in [0.2, 0.25) is 0 Å². The van der Waals surface area contributed by atoms with E-state index in [2.05, 4.69) is 16.6 Å². The van der Waals surface area contributed by atoms with Crippen molar-refractivity contribution in [2.75, 3.05) is 6.61 Å². The third kappa shape index (κ3) is 4.43. The monoisotopic (exact) mass is 212 g/mol. The molecule has 1 aromatic rings. The number of halogens is 2. The fourth-order valence-corrected chi connectivity index (χ4v) is 0.970. The van der Waals surface area contributed by atoms with Gasteiger partial charge in [-0.05, 0) is 18.2 Å². The van der Waals surface area contributed by atoms with E-state index in [9.17, 15) is 8.78 Å². The summed E-state index contributed by atoms with van der Waals surface area (Å²) in [7, 11) is 0. The van der Waals surface area contributed by atoms with E-state index < -0.39 is 6.61 Å². The molecule has 0 saturated carbocycles. The summed E-state index contributed by atoms with van der Waals surface area (Å²) in [5.41, 5.74) is 0.585. The second kappa shape index (κ2) is 5.99. The molecule has 1 aromatic carbocycles. The zero-order chi connectivity index (χ0) is 11.1. The standard InChI is InChI=1S/C11H10F2O2/c12-11(13)15-10-6-3-5-9(8-10)4-1-2-7-14/h3,5-6,8,11,14H,2,7H2. The second-order valence-electron chi connectivity index (χ2n) is 2.68. The highest BCUT2D eigenvalue weighted by Crippen LogP contribution is 2.15. The van der Waals surface area contributed by atoms with Crippen molar-refractivity contribution in [2.45, 2.75) is 13.0 Å². The van der Waals surface area contributed by atoms with Crippen LogP contribution < -0.4 is 4.74 Å². The number of rotatable bonds is 3. The molecule has 0 saturated heterocycles. The first-order chi connectivity index (χ1) is 7.22. The van der Waals surface area contributed by atoms with E-state index >= 15 is 0 Å². The van der Waals surface area contributed by atoms with Gasteiger partial charge in [0.05, 0.1) is 6.61 Å². The Kier molecular flexibility index (Phi) is 4.58. The first-order valence-corrected chi connectivity index (χ1v) is 4.37. The average molecular weight is 212 g/mol. The van der Waals surface area contributed by atoms with Crippen molar-refractivity contribution >= 4 is 0 Å². The van der Waals surface area contributed by atoms with Crippen LogP contribution in [0.3, 0.4) is 0 Å². The van der Waals surface area contributed by atoms with Crippen LogP contribution >= 0.6 is 0 Å². The fraction of sp³-hybridized carbons (Fsp3) is 0.273. The van der Waals surface area contributed by atoms with Crippen LogP contribution in [0.4, 0.5) is 8.78 Å². The molecule has 0 amide bonds. The van der Waals surface area contributed by atoms with Gasteiger partial charge in [0, 0.05) is 12.0 Å². The van der Waals surface area contributed by atoms with Crippen molar-refractivity contribution in [3.63, 3.8) is 0 Å². The minimum atomic E-state index is -2.83. The lowest BCUT2D eigenvalue weighted by Crippen LogP contribution is -2.01. The number of hydrogen-bond donors (Lipinski definition) is 1. The Bertz CT molecular complexity index is 366. The summed E-state index contributed by atoms with van der Waals surface area (Å²) in [4.78, 5) is 0. The largest absolute Gasteiger partial charge is 0.435 e. The highest BCUT2D eigenvalue weighted by atomic mass is 19.3. The predicted molar refractivity (Wildman–Crippen MR) is 51.7 cm³/mol. The van der Waals surface area contributed by atoms with Crippen LogP contribution in [0.5, 0.6) is 5.75 Å². The molecule has 0 aliphatic heterocycles. The summed E-state index contributed by atoms with van der Waals surface area (Å²) in [6.45, 7) is -2.84.